The minimum absolute atomic E-state index is 0.00758. The van der Waals surface area contributed by atoms with Crippen LogP contribution in [0.4, 0.5) is 27.9 Å². The number of nitro benzene ring substituents is 1. The highest BCUT2D eigenvalue weighted by molar-refractivity contribution is 7.92. The van der Waals surface area contributed by atoms with Crippen molar-refractivity contribution >= 4 is 67.1 Å². The zero-order valence-corrected chi connectivity index (χ0v) is 20.1. The van der Waals surface area contributed by atoms with E-state index in [1.165, 1.54) is 29.7 Å². The Bertz CT molecular complexity index is 1480. The van der Waals surface area contributed by atoms with Crippen molar-refractivity contribution in [3.63, 3.8) is 0 Å². The maximum atomic E-state index is 12.6. The summed E-state index contributed by atoms with van der Waals surface area (Å²) in [6.45, 7) is 0. The number of nitrogens with zero attached hydrogens (tertiary/aromatic N) is 3. The zero-order valence-electron chi connectivity index (χ0n) is 17.8. The van der Waals surface area contributed by atoms with Gasteiger partial charge in [0.05, 0.1) is 20.9 Å². The van der Waals surface area contributed by atoms with E-state index in [-0.39, 0.29) is 15.7 Å². The molecule has 0 unspecified atom stereocenters. The van der Waals surface area contributed by atoms with E-state index in [4.69, 9.17) is 11.6 Å². The molecule has 0 aliphatic heterocycles. The Kier molecular flexibility index (Phi) is 7.25. The number of benzene rings is 3. The number of aromatic nitrogens is 1. The third-order valence-corrected chi connectivity index (χ3v) is 7.19. The van der Waals surface area contributed by atoms with Gasteiger partial charge in [-0.1, -0.05) is 59.3 Å². The predicted octanol–water partition coefficient (Wildman–Crippen LogP) is 5.70. The number of hydrazone groups is 1. The van der Waals surface area contributed by atoms with Crippen LogP contribution in [0.5, 0.6) is 0 Å². The fourth-order valence-corrected chi connectivity index (χ4v) is 5.02. The molecule has 4 aromatic rings. The first-order valence-electron chi connectivity index (χ1n) is 9.95. The Hall–Kier alpha value is -4.00. The summed E-state index contributed by atoms with van der Waals surface area (Å²) in [6.07, 6.45) is 1.38. The van der Waals surface area contributed by atoms with Crippen LogP contribution in [0.15, 0.2) is 88.9 Å². The van der Waals surface area contributed by atoms with E-state index in [2.05, 4.69) is 25.6 Å². The monoisotopic (exact) mass is 528 g/mol. The van der Waals surface area contributed by atoms with Crippen molar-refractivity contribution in [3.05, 3.63) is 99.0 Å². The molecule has 0 spiro atoms. The van der Waals surface area contributed by atoms with Crippen LogP contribution >= 0.6 is 22.9 Å². The number of hydrogen-bond donors (Lipinski definition) is 3. The summed E-state index contributed by atoms with van der Waals surface area (Å²) in [4.78, 5) is 15.4. The van der Waals surface area contributed by atoms with Crippen LogP contribution in [0.2, 0.25) is 5.15 Å². The zero-order chi connectivity index (χ0) is 24.8. The minimum Gasteiger partial charge on any atom is -0.331 e. The lowest BCUT2D eigenvalue weighted by molar-refractivity contribution is -0.384. The van der Waals surface area contributed by atoms with E-state index in [9.17, 15) is 18.5 Å². The van der Waals surface area contributed by atoms with Crippen LogP contribution in [-0.2, 0) is 10.0 Å². The minimum atomic E-state index is -4.03. The molecule has 0 aliphatic carbocycles. The number of thiazole rings is 1. The maximum Gasteiger partial charge on any atom is 0.295 e. The molecule has 35 heavy (non-hydrogen) atoms. The number of hydrogen-bond acceptors (Lipinski definition) is 9. The maximum absolute atomic E-state index is 12.6. The summed E-state index contributed by atoms with van der Waals surface area (Å²) in [7, 11) is -4.03. The highest BCUT2D eigenvalue weighted by Crippen LogP contribution is 2.30. The molecule has 0 saturated heterocycles. The highest BCUT2D eigenvalue weighted by Gasteiger charge is 2.21. The molecular weight excluding hydrogens is 512 g/mol. The average Bonchev–Trinajstić information content (AvgIpc) is 3.18. The van der Waals surface area contributed by atoms with Gasteiger partial charge in [0.25, 0.3) is 15.7 Å². The molecule has 1 aromatic heterocycles. The Morgan fingerprint density at radius 2 is 1.66 bits per heavy atom. The number of para-hydroxylation sites is 2. The first-order valence-corrected chi connectivity index (χ1v) is 12.6. The lowest BCUT2D eigenvalue weighted by atomic mass is 10.3. The molecule has 3 N–H and O–H groups in total. The predicted molar refractivity (Wildman–Crippen MR) is 138 cm³/mol. The van der Waals surface area contributed by atoms with Crippen LogP contribution in [0.1, 0.15) is 4.88 Å². The molecule has 13 heteroatoms. The summed E-state index contributed by atoms with van der Waals surface area (Å²) >= 11 is 7.41. The van der Waals surface area contributed by atoms with Crippen LogP contribution < -0.4 is 15.5 Å². The third kappa shape index (κ3) is 6.12. The van der Waals surface area contributed by atoms with E-state index >= 15 is 0 Å². The van der Waals surface area contributed by atoms with Gasteiger partial charge in [-0.2, -0.15) is 5.10 Å². The van der Waals surface area contributed by atoms with Gasteiger partial charge in [0.2, 0.25) is 0 Å². The smallest absolute Gasteiger partial charge is 0.295 e. The summed E-state index contributed by atoms with van der Waals surface area (Å²) in [5.74, 6) is 0. The highest BCUT2D eigenvalue weighted by atomic mass is 35.5. The Morgan fingerprint density at radius 1 is 1.00 bits per heavy atom. The van der Waals surface area contributed by atoms with Crippen molar-refractivity contribution in [2.45, 2.75) is 4.90 Å². The molecule has 0 bridgehead atoms. The van der Waals surface area contributed by atoms with Gasteiger partial charge in [-0.15, -0.1) is 0 Å². The Balaban J connectivity index is 1.50. The van der Waals surface area contributed by atoms with Crippen molar-refractivity contribution in [2.75, 3.05) is 15.5 Å². The second-order valence-corrected chi connectivity index (χ2v) is 10.0. The number of anilines is 4. The van der Waals surface area contributed by atoms with Crippen molar-refractivity contribution in [2.24, 2.45) is 5.10 Å². The third-order valence-electron chi connectivity index (χ3n) is 4.50. The van der Waals surface area contributed by atoms with Crippen molar-refractivity contribution in [1.29, 1.82) is 0 Å². The lowest BCUT2D eigenvalue weighted by Gasteiger charge is -2.09. The molecule has 0 saturated carbocycles. The van der Waals surface area contributed by atoms with Gasteiger partial charge in [-0.05, 0) is 36.4 Å². The molecule has 0 radical (unpaired) electrons. The fourth-order valence-electron chi connectivity index (χ4n) is 2.90. The SMILES string of the molecule is O=[N+]([O-])c1cc(S(=O)(=O)Nc2ccccc2)ccc1NN=Cc1sc(Nc2ccccc2)nc1Cl. The number of sulfonamides is 1. The van der Waals surface area contributed by atoms with Crippen LogP contribution in [-0.4, -0.2) is 24.5 Å². The summed E-state index contributed by atoms with van der Waals surface area (Å²) in [6, 6.07) is 21.1. The molecule has 0 amide bonds. The molecule has 0 fully saturated rings. The lowest BCUT2D eigenvalue weighted by Crippen LogP contribution is -2.13. The fraction of sp³-hybridized carbons (Fsp3) is 0. The standard InChI is InChI=1S/C22H17ClN6O4S2/c23-21-20(34-22(26-21)25-15-7-3-1-4-8-15)14-24-27-18-12-11-17(13-19(18)29(30)31)35(32,33)28-16-9-5-2-6-10-16/h1-14,27-28H,(H,25,26). The second-order valence-electron chi connectivity index (χ2n) is 6.94. The van der Waals surface area contributed by atoms with Crippen molar-refractivity contribution in [1.82, 2.24) is 4.98 Å². The molecule has 178 valence electrons. The van der Waals surface area contributed by atoms with E-state index in [0.717, 1.165) is 11.8 Å². The first-order chi connectivity index (χ1) is 16.8. The number of halogens is 1. The van der Waals surface area contributed by atoms with E-state index in [0.29, 0.717) is 15.7 Å². The quantitative estimate of drug-likeness (QED) is 0.144. The van der Waals surface area contributed by atoms with Crippen molar-refractivity contribution < 1.29 is 13.3 Å². The van der Waals surface area contributed by atoms with Crippen LogP contribution in [0.25, 0.3) is 0 Å². The normalized spacial score (nSPS) is 11.3. The van der Waals surface area contributed by atoms with Gasteiger partial charge in [0, 0.05) is 17.4 Å². The van der Waals surface area contributed by atoms with Crippen LogP contribution in [0.3, 0.4) is 0 Å². The van der Waals surface area contributed by atoms with Gasteiger partial charge >= 0.3 is 0 Å². The van der Waals surface area contributed by atoms with E-state index < -0.39 is 20.6 Å². The molecule has 0 atom stereocenters. The van der Waals surface area contributed by atoms with Gasteiger partial charge in [0.1, 0.15) is 5.69 Å². The number of rotatable bonds is 9. The van der Waals surface area contributed by atoms with Gasteiger partial charge in [-0.3, -0.25) is 20.3 Å². The Morgan fingerprint density at radius 3 is 2.31 bits per heavy atom. The largest absolute Gasteiger partial charge is 0.331 e. The average molecular weight is 529 g/mol. The Labute approximate surface area is 209 Å². The van der Waals surface area contributed by atoms with Gasteiger partial charge in [-0.25, -0.2) is 13.4 Å². The van der Waals surface area contributed by atoms with E-state index in [1.807, 2.05) is 30.3 Å². The summed E-state index contributed by atoms with van der Waals surface area (Å²) in [5, 5.41) is 19.5. The molecule has 1 heterocycles. The van der Waals surface area contributed by atoms with Crippen LogP contribution in [0, 0.1) is 10.1 Å². The molecule has 3 aromatic carbocycles. The van der Waals surface area contributed by atoms with Gasteiger partial charge < -0.3 is 5.32 Å². The molecule has 4 rings (SSSR count). The molecule has 0 aliphatic rings. The van der Waals surface area contributed by atoms with Crippen molar-refractivity contribution in [3.8, 4) is 0 Å². The summed E-state index contributed by atoms with van der Waals surface area (Å²) < 4.78 is 27.7. The molecule has 10 nitrogen and oxygen atoms in total. The summed E-state index contributed by atoms with van der Waals surface area (Å²) in [5.41, 5.74) is 3.30. The van der Waals surface area contributed by atoms with Gasteiger partial charge in [0.15, 0.2) is 10.3 Å². The second kappa shape index (κ2) is 10.5. The van der Waals surface area contributed by atoms with E-state index in [1.54, 1.807) is 30.3 Å². The number of nitro groups is 1. The molecular formula is C22H17ClN6O4S2. The topological polar surface area (TPSA) is 139 Å². The first kappa shape index (κ1) is 24.1. The number of nitrogens with one attached hydrogen (secondary N) is 3.